The van der Waals surface area contributed by atoms with Crippen LogP contribution in [0.2, 0.25) is 5.15 Å². The van der Waals surface area contributed by atoms with Gasteiger partial charge in [0.15, 0.2) is 0 Å². The first-order chi connectivity index (χ1) is 13.1. The summed E-state index contributed by atoms with van der Waals surface area (Å²) in [5.74, 6) is -1.49. The van der Waals surface area contributed by atoms with Gasteiger partial charge in [-0.2, -0.15) is 17.6 Å². The monoisotopic (exact) mass is 409 g/mol. The molecule has 144 valence electrons. The molecule has 3 aromatic rings. The summed E-state index contributed by atoms with van der Waals surface area (Å²) in [6.07, 6.45) is -3.74. The van der Waals surface area contributed by atoms with E-state index in [0.717, 1.165) is 11.8 Å². The second-order valence-corrected chi connectivity index (χ2v) is 6.30. The third kappa shape index (κ3) is 4.45. The van der Waals surface area contributed by atoms with Gasteiger partial charge < -0.3 is 5.32 Å². The second kappa shape index (κ2) is 7.55. The van der Waals surface area contributed by atoms with Crippen LogP contribution in [-0.4, -0.2) is 15.9 Å². The molecule has 2 heterocycles. The van der Waals surface area contributed by atoms with Crippen LogP contribution in [0.15, 0.2) is 48.7 Å². The molecule has 0 atom stereocenters. The number of carbonyl (C=O) groups is 1. The summed E-state index contributed by atoms with van der Waals surface area (Å²) < 4.78 is 51.9. The van der Waals surface area contributed by atoms with Crippen LogP contribution in [0.25, 0.3) is 11.1 Å². The van der Waals surface area contributed by atoms with Crippen LogP contribution in [0, 0.1) is 12.9 Å². The summed E-state index contributed by atoms with van der Waals surface area (Å²) in [4.78, 5) is 19.0. The van der Waals surface area contributed by atoms with E-state index < -0.39 is 23.7 Å². The first-order valence-corrected chi connectivity index (χ1v) is 8.30. The van der Waals surface area contributed by atoms with Crippen LogP contribution in [-0.2, 0) is 6.18 Å². The lowest BCUT2D eigenvalue weighted by Gasteiger charge is -2.12. The summed E-state index contributed by atoms with van der Waals surface area (Å²) >= 11 is 5.79. The third-order valence-corrected chi connectivity index (χ3v) is 4.08. The molecule has 1 N–H and O–H groups in total. The molecule has 9 heteroatoms. The highest BCUT2D eigenvalue weighted by Gasteiger charge is 2.32. The smallest absolute Gasteiger partial charge is 0.322 e. The molecule has 0 saturated carbocycles. The number of amides is 1. The van der Waals surface area contributed by atoms with E-state index in [1.807, 2.05) is 0 Å². The number of carbonyl (C=O) groups excluding carboxylic acids is 1. The number of rotatable bonds is 3. The number of nitrogens with zero attached hydrogens (tertiary/aromatic N) is 2. The summed E-state index contributed by atoms with van der Waals surface area (Å²) in [6.45, 7) is 1.78. The molecule has 1 amide bonds. The van der Waals surface area contributed by atoms with Gasteiger partial charge in [-0.25, -0.2) is 4.98 Å². The first-order valence-electron chi connectivity index (χ1n) is 7.92. The Hall–Kier alpha value is -3.00. The van der Waals surface area contributed by atoms with Gasteiger partial charge in [-0.15, -0.1) is 0 Å². The van der Waals surface area contributed by atoms with E-state index >= 15 is 0 Å². The van der Waals surface area contributed by atoms with E-state index in [-0.39, 0.29) is 10.7 Å². The van der Waals surface area contributed by atoms with Crippen molar-refractivity contribution < 1.29 is 22.4 Å². The molecule has 0 aliphatic rings. The summed E-state index contributed by atoms with van der Waals surface area (Å²) in [6, 6.07) is 9.35. The van der Waals surface area contributed by atoms with Gasteiger partial charge in [-0.3, -0.25) is 9.78 Å². The standard InChI is InChI=1S/C19H12ClF4N3O/c1-10-2-3-13(9-14(10)12-7-16(20)27-17(21)8-12)26-18(28)11-4-5-25-15(6-11)19(22,23)24/h2-9H,1H3,(H,26,28). The normalized spacial score (nSPS) is 11.4. The zero-order valence-corrected chi connectivity index (χ0v) is 15.1. The zero-order chi connectivity index (χ0) is 20.5. The fourth-order valence-electron chi connectivity index (χ4n) is 2.56. The zero-order valence-electron chi connectivity index (χ0n) is 14.3. The molecule has 0 bridgehead atoms. The second-order valence-electron chi connectivity index (χ2n) is 5.91. The lowest BCUT2D eigenvalue weighted by atomic mass is 10.0. The average Bonchev–Trinajstić information content (AvgIpc) is 2.62. The Balaban J connectivity index is 1.90. The molecule has 28 heavy (non-hydrogen) atoms. The maximum Gasteiger partial charge on any atom is 0.433 e. The largest absolute Gasteiger partial charge is 0.433 e. The predicted molar refractivity (Wildman–Crippen MR) is 96.6 cm³/mol. The molecule has 0 aliphatic carbocycles. The highest BCUT2D eigenvalue weighted by molar-refractivity contribution is 6.29. The maximum atomic E-state index is 13.5. The van der Waals surface area contributed by atoms with Crippen molar-refractivity contribution in [3.05, 3.63) is 76.6 Å². The minimum absolute atomic E-state index is 0.0275. The van der Waals surface area contributed by atoms with Gasteiger partial charge in [0.1, 0.15) is 10.8 Å². The van der Waals surface area contributed by atoms with Crippen LogP contribution in [0.3, 0.4) is 0 Å². The number of benzene rings is 1. The molecule has 1 aromatic carbocycles. The molecule has 0 saturated heterocycles. The van der Waals surface area contributed by atoms with Crippen LogP contribution < -0.4 is 5.32 Å². The van der Waals surface area contributed by atoms with Crippen molar-refractivity contribution in [2.75, 3.05) is 5.32 Å². The summed E-state index contributed by atoms with van der Waals surface area (Å²) in [5, 5.41) is 2.50. The Morgan fingerprint density at radius 3 is 2.54 bits per heavy atom. The predicted octanol–water partition coefficient (Wildman–Crippen LogP) is 5.52. The number of aryl methyl sites for hydroxylation is 1. The van der Waals surface area contributed by atoms with Crippen molar-refractivity contribution in [1.29, 1.82) is 0 Å². The van der Waals surface area contributed by atoms with Crippen LogP contribution in [0.1, 0.15) is 21.6 Å². The SMILES string of the molecule is Cc1ccc(NC(=O)c2ccnc(C(F)(F)F)c2)cc1-c1cc(F)nc(Cl)c1. The van der Waals surface area contributed by atoms with Gasteiger partial charge in [0.05, 0.1) is 0 Å². The minimum Gasteiger partial charge on any atom is -0.322 e. The number of anilines is 1. The van der Waals surface area contributed by atoms with E-state index in [1.165, 1.54) is 18.2 Å². The van der Waals surface area contributed by atoms with Crippen molar-refractivity contribution >= 4 is 23.2 Å². The van der Waals surface area contributed by atoms with Gasteiger partial charge in [0, 0.05) is 23.5 Å². The Labute approximate surface area is 162 Å². The number of hydrogen-bond acceptors (Lipinski definition) is 3. The van der Waals surface area contributed by atoms with Crippen molar-refractivity contribution in [3.63, 3.8) is 0 Å². The molecule has 0 radical (unpaired) electrons. The lowest BCUT2D eigenvalue weighted by molar-refractivity contribution is -0.141. The number of alkyl halides is 3. The molecule has 0 fully saturated rings. The van der Waals surface area contributed by atoms with Crippen molar-refractivity contribution in [2.45, 2.75) is 13.1 Å². The van der Waals surface area contributed by atoms with Crippen LogP contribution in [0.4, 0.5) is 23.2 Å². The summed E-state index contributed by atoms with van der Waals surface area (Å²) in [5.41, 5.74) is 0.794. The van der Waals surface area contributed by atoms with Gasteiger partial charge >= 0.3 is 6.18 Å². The van der Waals surface area contributed by atoms with Crippen molar-refractivity contribution in [2.24, 2.45) is 0 Å². The molecular formula is C19H12ClF4N3O. The van der Waals surface area contributed by atoms with E-state index in [2.05, 4.69) is 15.3 Å². The molecule has 3 rings (SSSR count). The highest BCUT2D eigenvalue weighted by atomic mass is 35.5. The molecule has 4 nitrogen and oxygen atoms in total. The van der Waals surface area contributed by atoms with E-state index in [1.54, 1.807) is 25.1 Å². The molecule has 0 aliphatic heterocycles. The van der Waals surface area contributed by atoms with Crippen molar-refractivity contribution in [1.82, 2.24) is 9.97 Å². The number of hydrogen-bond donors (Lipinski definition) is 1. The van der Waals surface area contributed by atoms with Crippen LogP contribution >= 0.6 is 11.6 Å². The van der Waals surface area contributed by atoms with E-state index in [9.17, 15) is 22.4 Å². The van der Waals surface area contributed by atoms with Gasteiger partial charge in [-0.05, 0) is 53.9 Å². The number of aromatic nitrogens is 2. The maximum absolute atomic E-state index is 13.5. The van der Waals surface area contributed by atoms with Gasteiger partial charge in [0.2, 0.25) is 5.95 Å². The topological polar surface area (TPSA) is 54.9 Å². The molecular weight excluding hydrogens is 398 g/mol. The fraction of sp³-hybridized carbons (Fsp3) is 0.105. The van der Waals surface area contributed by atoms with E-state index in [0.29, 0.717) is 22.9 Å². The summed E-state index contributed by atoms with van der Waals surface area (Å²) in [7, 11) is 0. The Morgan fingerprint density at radius 1 is 1.11 bits per heavy atom. The minimum atomic E-state index is -4.65. The first kappa shape index (κ1) is 19.8. The Kier molecular flexibility index (Phi) is 5.33. The van der Waals surface area contributed by atoms with Gasteiger partial charge in [-0.1, -0.05) is 17.7 Å². The number of nitrogens with one attached hydrogen (secondary N) is 1. The highest BCUT2D eigenvalue weighted by Crippen LogP contribution is 2.30. The third-order valence-electron chi connectivity index (χ3n) is 3.88. The lowest BCUT2D eigenvalue weighted by Crippen LogP contribution is -2.15. The van der Waals surface area contributed by atoms with Crippen molar-refractivity contribution in [3.8, 4) is 11.1 Å². The quantitative estimate of drug-likeness (QED) is 0.458. The Bertz CT molecular complexity index is 1030. The average molecular weight is 410 g/mol. The Morgan fingerprint density at radius 2 is 1.86 bits per heavy atom. The number of halogens is 5. The van der Waals surface area contributed by atoms with Crippen LogP contribution in [0.5, 0.6) is 0 Å². The fourth-order valence-corrected chi connectivity index (χ4v) is 2.76. The number of pyridine rings is 2. The van der Waals surface area contributed by atoms with Gasteiger partial charge in [0.25, 0.3) is 5.91 Å². The van der Waals surface area contributed by atoms with E-state index in [4.69, 9.17) is 11.6 Å². The molecule has 0 unspecified atom stereocenters. The molecule has 0 spiro atoms. The molecule has 2 aromatic heterocycles.